The molecule has 3 nitrogen and oxygen atoms in total. The van der Waals surface area contributed by atoms with Gasteiger partial charge in [-0.3, -0.25) is 4.79 Å². The second-order valence-corrected chi connectivity index (χ2v) is 6.93. The van der Waals surface area contributed by atoms with Gasteiger partial charge >= 0.3 is 0 Å². The van der Waals surface area contributed by atoms with Crippen molar-refractivity contribution in [3.8, 4) is 0 Å². The minimum absolute atomic E-state index is 0.00968. The molecule has 0 bridgehead atoms. The monoisotopic (exact) mass is 368 g/mol. The largest absolute Gasteiger partial charge is 0.332 e. The number of rotatable bonds is 3. The van der Waals surface area contributed by atoms with E-state index in [2.05, 4.69) is 4.98 Å². The van der Waals surface area contributed by atoms with Crippen LogP contribution in [0.5, 0.6) is 0 Å². The van der Waals surface area contributed by atoms with Crippen LogP contribution in [-0.4, -0.2) is 27.9 Å². The molecule has 0 unspecified atom stereocenters. The maximum atomic E-state index is 12.8. The Labute approximate surface area is 144 Å². The predicted octanol–water partition coefficient (Wildman–Crippen LogP) is 5.49. The molecule has 0 aromatic carbocycles. The zero-order chi connectivity index (χ0) is 15.7. The number of amides is 1. The van der Waals surface area contributed by atoms with Gasteiger partial charge in [-0.1, -0.05) is 59.2 Å². The summed E-state index contributed by atoms with van der Waals surface area (Å²) in [7, 11) is 0. The molecule has 1 aromatic rings. The molecule has 2 rings (SSSR count). The number of nitrogens with zero attached hydrogens (tertiary/aromatic N) is 2. The quantitative estimate of drug-likeness (QED) is 0.660. The summed E-state index contributed by atoms with van der Waals surface area (Å²) in [6, 6.07) is 0.260. The first-order chi connectivity index (χ1) is 9.84. The van der Waals surface area contributed by atoms with Crippen LogP contribution in [0.4, 0.5) is 0 Å². The normalized spacial score (nSPS) is 15.8. The van der Waals surface area contributed by atoms with Crippen LogP contribution in [0.3, 0.4) is 0 Å². The Bertz CT molecular complexity index is 556. The summed E-state index contributed by atoms with van der Waals surface area (Å²) in [6.45, 7) is 3.95. The highest BCUT2D eigenvalue weighted by Gasteiger charge is 2.32. The van der Waals surface area contributed by atoms with E-state index in [0.29, 0.717) is 0 Å². The van der Waals surface area contributed by atoms with E-state index in [1.165, 1.54) is 0 Å². The Morgan fingerprint density at radius 1 is 1.10 bits per heavy atom. The van der Waals surface area contributed by atoms with Crippen LogP contribution in [0.2, 0.25) is 20.2 Å². The molecule has 0 atom stereocenters. The molecule has 116 valence electrons. The molecule has 0 saturated heterocycles. The van der Waals surface area contributed by atoms with Crippen LogP contribution >= 0.6 is 46.4 Å². The molecule has 1 heterocycles. The van der Waals surface area contributed by atoms with E-state index in [1.807, 2.05) is 18.7 Å². The molecule has 1 aliphatic carbocycles. The van der Waals surface area contributed by atoms with Crippen molar-refractivity contribution in [3.05, 3.63) is 25.9 Å². The predicted molar refractivity (Wildman–Crippen MR) is 87.8 cm³/mol. The lowest BCUT2D eigenvalue weighted by Crippen LogP contribution is -2.44. The van der Waals surface area contributed by atoms with E-state index in [-0.39, 0.29) is 43.9 Å². The fourth-order valence-electron chi connectivity index (χ4n) is 2.76. The Kier molecular flexibility index (Phi) is 5.64. The number of carbonyl (C=O) groups excluding carboxylic acids is 1. The van der Waals surface area contributed by atoms with E-state index >= 15 is 0 Å². The molecule has 1 saturated carbocycles. The van der Waals surface area contributed by atoms with E-state index < -0.39 is 0 Å². The maximum absolute atomic E-state index is 12.8. The molecule has 0 radical (unpaired) electrons. The summed E-state index contributed by atoms with van der Waals surface area (Å²) in [6.07, 6.45) is 4.25. The van der Waals surface area contributed by atoms with Crippen molar-refractivity contribution in [2.24, 2.45) is 0 Å². The van der Waals surface area contributed by atoms with E-state index in [1.54, 1.807) is 0 Å². The lowest BCUT2D eigenvalue weighted by molar-refractivity contribution is 0.0607. The number of carbonyl (C=O) groups is 1. The van der Waals surface area contributed by atoms with Gasteiger partial charge in [0.05, 0.1) is 15.1 Å². The van der Waals surface area contributed by atoms with Crippen LogP contribution in [0.15, 0.2) is 0 Å². The van der Waals surface area contributed by atoms with Crippen LogP contribution in [0, 0.1) is 0 Å². The van der Waals surface area contributed by atoms with Gasteiger partial charge in [0.1, 0.15) is 10.8 Å². The fraction of sp³-hybridized carbons (Fsp3) is 0.571. The SMILES string of the molecule is CC(C)N(C(=O)c1nc(Cl)c(Cl)c(Cl)c1Cl)C1CCCC1. The highest BCUT2D eigenvalue weighted by atomic mass is 35.5. The summed E-state index contributed by atoms with van der Waals surface area (Å²) in [4.78, 5) is 18.7. The number of pyridine rings is 1. The second-order valence-electron chi connectivity index (χ2n) is 5.44. The third kappa shape index (κ3) is 3.42. The lowest BCUT2D eigenvalue weighted by Gasteiger charge is -2.32. The van der Waals surface area contributed by atoms with Crippen molar-refractivity contribution in [3.63, 3.8) is 0 Å². The van der Waals surface area contributed by atoms with Gasteiger partial charge in [0, 0.05) is 12.1 Å². The van der Waals surface area contributed by atoms with Crippen molar-refractivity contribution in [1.82, 2.24) is 9.88 Å². The van der Waals surface area contributed by atoms with Gasteiger partial charge in [-0.2, -0.15) is 0 Å². The van der Waals surface area contributed by atoms with Crippen LogP contribution < -0.4 is 0 Å². The molecule has 0 N–H and O–H groups in total. The van der Waals surface area contributed by atoms with Crippen LogP contribution in [0.1, 0.15) is 50.0 Å². The minimum atomic E-state index is -0.248. The molecule has 7 heteroatoms. The molecule has 1 aliphatic rings. The van der Waals surface area contributed by atoms with Gasteiger partial charge in [0.25, 0.3) is 5.91 Å². The number of hydrogen-bond acceptors (Lipinski definition) is 2. The Balaban J connectivity index is 2.42. The second kappa shape index (κ2) is 6.91. The maximum Gasteiger partial charge on any atom is 0.274 e. The van der Waals surface area contributed by atoms with Gasteiger partial charge in [0.2, 0.25) is 0 Å². The first kappa shape index (κ1) is 17.1. The van der Waals surface area contributed by atoms with Gasteiger partial charge in [0.15, 0.2) is 0 Å². The first-order valence-corrected chi connectivity index (χ1v) is 8.38. The molecule has 1 amide bonds. The Morgan fingerprint density at radius 2 is 1.67 bits per heavy atom. The number of aromatic nitrogens is 1. The average Bonchev–Trinajstić information content (AvgIpc) is 2.93. The highest BCUT2D eigenvalue weighted by molar-refractivity contribution is 6.52. The molecule has 21 heavy (non-hydrogen) atoms. The third-order valence-corrected chi connectivity index (χ3v) is 5.37. The Morgan fingerprint density at radius 3 is 2.19 bits per heavy atom. The minimum Gasteiger partial charge on any atom is -0.332 e. The van der Waals surface area contributed by atoms with Crippen molar-refractivity contribution in [2.45, 2.75) is 51.6 Å². The lowest BCUT2D eigenvalue weighted by atomic mass is 10.1. The van der Waals surface area contributed by atoms with Crippen LogP contribution in [-0.2, 0) is 0 Å². The van der Waals surface area contributed by atoms with Gasteiger partial charge in [-0.25, -0.2) is 4.98 Å². The highest BCUT2D eigenvalue weighted by Crippen LogP contribution is 2.37. The topological polar surface area (TPSA) is 33.2 Å². The fourth-order valence-corrected chi connectivity index (χ4v) is 3.56. The summed E-state index contributed by atoms with van der Waals surface area (Å²) in [5.74, 6) is -0.248. The van der Waals surface area contributed by atoms with Gasteiger partial charge in [-0.05, 0) is 26.7 Å². The van der Waals surface area contributed by atoms with Gasteiger partial charge < -0.3 is 4.90 Å². The Hall–Kier alpha value is -0.220. The van der Waals surface area contributed by atoms with Crippen molar-refractivity contribution in [2.75, 3.05) is 0 Å². The van der Waals surface area contributed by atoms with Crippen molar-refractivity contribution >= 4 is 52.3 Å². The van der Waals surface area contributed by atoms with E-state index in [4.69, 9.17) is 46.4 Å². The molecule has 1 aromatic heterocycles. The smallest absolute Gasteiger partial charge is 0.274 e. The van der Waals surface area contributed by atoms with E-state index in [9.17, 15) is 4.79 Å². The zero-order valence-electron chi connectivity index (χ0n) is 11.8. The standard InChI is InChI=1S/C14H16Cl4N2O/c1-7(2)20(8-5-3-4-6-8)14(21)12-10(16)9(15)11(17)13(18)19-12/h7-8H,3-6H2,1-2H3. The summed E-state index contributed by atoms with van der Waals surface area (Å²) in [5.41, 5.74) is 0.0664. The molecular formula is C14H16Cl4N2O. The molecule has 1 fully saturated rings. The van der Waals surface area contributed by atoms with Crippen LogP contribution in [0.25, 0.3) is 0 Å². The molecule has 0 aliphatic heterocycles. The van der Waals surface area contributed by atoms with Crippen molar-refractivity contribution < 1.29 is 4.79 Å². The number of halogens is 4. The zero-order valence-corrected chi connectivity index (χ0v) is 14.8. The van der Waals surface area contributed by atoms with Crippen molar-refractivity contribution in [1.29, 1.82) is 0 Å². The summed E-state index contributed by atoms with van der Waals surface area (Å²) in [5, 5.41) is 0.179. The number of hydrogen-bond donors (Lipinski definition) is 0. The third-order valence-electron chi connectivity index (χ3n) is 3.70. The molecular weight excluding hydrogens is 354 g/mol. The first-order valence-electron chi connectivity index (χ1n) is 6.87. The van der Waals surface area contributed by atoms with Gasteiger partial charge in [-0.15, -0.1) is 0 Å². The van der Waals surface area contributed by atoms with E-state index in [0.717, 1.165) is 25.7 Å². The summed E-state index contributed by atoms with van der Waals surface area (Å²) < 4.78 is 0. The average molecular weight is 370 g/mol. The summed E-state index contributed by atoms with van der Waals surface area (Å²) >= 11 is 24.0. The molecule has 0 spiro atoms.